The Morgan fingerprint density at radius 1 is 1.12 bits per heavy atom. The van der Waals surface area contributed by atoms with Gasteiger partial charge in [0.25, 0.3) is 0 Å². The Balaban J connectivity index is 1.99. The molecule has 0 atom stereocenters. The maximum Gasteiger partial charge on any atom is 0.368 e. The van der Waals surface area contributed by atoms with Crippen LogP contribution in [0.25, 0.3) is 6.08 Å². The van der Waals surface area contributed by atoms with Crippen molar-refractivity contribution in [2.45, 2.75) is 6.92 Å². The van der Waals surface area contributed by atoms with Gasteiger partial charge < -0.3 is 14.3 Å². The van der Waals surface area contributed by atoms with Crippen molar-refractivity contribution in [2.75, 3.05) is 13.7 Å². The van der Waals surface area contributed by atoms with Crippen LogP contribution in [0.1, 0.15) is 18.1 Å². The zero-order chi connectivity index (χ0) is 16.9. The minimum absolute atomic E-state index is 0.411. The second-order valence-corrected chi connectivity index (χ2v) is 5.09. The SMILES string of the molecule is CCOc1cc(/C=C2/C(=O)ON=C2c2ccccc2)ccc1OC. The Hall–Kier alpha value is -3.08. The second-order valence-electron chi connectivity index (χ2n) is 5.09. The molecule has 1 heterocycles. The predicted molar refractivity (Wildman–Crippen MR) is 91.2 cm³/mol. The summed E-state index contributed by atoms with van der Waals surface area (Å²) in [5, 5.41) is 3.90. The summed E-state index contributed by atoms with van der Waals surface area (Å²) in [5.41, 5.74) is 2.56. The number of methoxy groups -OCH3 is 1. The molecule has 0 bridgehead atoms. The van der Waals surface area contributed by atoms with Crippen LogP contribution in [0.5, 0.6) is 11.5 Å². The van der Waals surface area contributed by atoms with Crippen molar-refractivity contribution in [3.63, 3.8) is 0 Å². The number of rotatable bonds is 5. The van der Waals surface area contributed by atoms with E-state index in [1.54, 1.807) is 19.3 Å². The molecule has 0 spiro atoms. The van der Waals surface area contributed by atoms with E-state index in [2.05, 4.69) is 5.16 Å². The fourth-order valence-electron chi connectivity index (χ4n) is 2.43. The topological polar surface area (TPSA) is 57.1 Å². The first-order valence-electron chi connectivity index (χ1n) is 7.60. The Kier molecular flexibility index (Phi) is 4.61. The number of hydrogen-bond acceptors (Lipinski definition) is 5. The number of benzene rings is 2. The molecule has 0 N–H and O–H groups in total. The highest BCUT2D eigenvalue weighted by Gasteiger charge is 2.26. The summed E-state index contributed by atoms with van der Waals surface area (Å²) in [4.78, 5) is 16.9. The van der Waals surface area contributed by atoms with Gasteiger partial charge in [0.05, 0.1) is 19.3 Å². The van der Waals surface area contributed by atoms with Gasteiger partial charge in [0.1, 0.15) is 5.71 Å². The van der Waals surface area contributed by atoms with E-state index in [4.69, 9.17) is 14.3 Å². The summed E-state index contributed by atoms with van der Waals surface area (Å²) < 4.78 is 10.8. The van der Waals surface area contributed by atoms with Crippen LogP contribution in [-0.2, 0) is 9.63 Å². The van der Waals surface area contributed by atoms with Gasteiger partial charge in [-0.15, -0.1) is 0 Å². The van der Waals surface area contributed by atoms with Crippen LogP contribution in [0.2, 0.25) is 0 Å². The monoisotopic (exact) mass is 323 g/mol. The molecule has 122 valence electrons. The molecule has 0 aromatic heterocycles. The molecule has 3 rings (SSSR count). The highest BCUT2D eigenvalue weighted by Crippen LogP contribution is 2.30. The highest BCUT2D eigenvalue weighted by atomic mass is 16.7. The third-order valence-electron chi connectivity index (χ3n) is 3.54. The maximum atomic E-state index is 12.0. The molecule has 1 aliphatic heterocycles. The fraction of sp³-hybridized carbons (Fsp3) is 0.158. The van der Waals surface area contributed by atoms with Gasteiger partial charge >= 0.3 is 5.97 Å². The summed E-state index contributed by atoms with van der Waals surface area (Å²) in [6, 6.07) is 14.9. The Morgan fingerprint density at radius 3 is 2.62 bits per heavy atom. The number of carbonyl (C=O) groups excluding carboxylic acids is 1. The van der Waals surface area contributed by atoms with Crippen LogP contribution >= 0.6 is 0 Å². The average Bonchev–Trinajstić information content (AvgIpc) is 2.97. The van der Waals surface area contributed by atoms with Crippen molar-refractivity contribution in [1.82, 2.24) is 0 Å². The zero-order valence-corrected chi connectivity index (χ0v) is 13.5. The average molecular weight is 323 g/mol. The zero-order valence-electron chi connectivity index (χ0n) is 13.5. The van der Waals surface area contributed by atoms with Crippen molar-refractivity contribution < 1.29 is 19.1 Å². The van der Waals surface area contributed by atoms with Gasteiger partial charge in [0.2, 0.25) is 0 Å². The van der Waals surface area contributed by atoms with E-state index >= 15 is 0 Å². The molecule has 0 amide bonds. The Morgan fingerprint density at radius 2 is 1.92 bits per heavy atom. The molecule has 5 nitrogen and oxygen atoms in total. The standard InChI is InChI=1S/C19H17NO4/c1-3-23-17-12-13(9-10-16(17)22-2)11-15-18(20-24-19(15)21)14-7-5-4-6-8-14/h4-12H,3H2,1-2H3/b15-11+. The molecule has 0 radical (unpaired) electrons. The van der Waals surface area contributed by atoms with Gasteiger partial charge in [0, 0.05) is 5.56 Å². The molecule has 2 aromatic rings. The summed E-state index contributed by atoms with van der Waals surface area (Å²) >= 11 is 0. The van der Waals surface area contributed by atoms with E-state index in [1.165, 1.54) is 0 Å². The third-order valence-corrected chi connectivity index (χ3v) is 3.54. The maximum absolute atomic E-state index is 12.0. The van der Waals surface area contributed by atoms with Crippen molar-refractivity contribution >= 4 is 17.8 Å². The second kappa shape index (κ2) is 7.00. The van der Waals surface area contributed by atoms with Gasteiger partial charge in [-0.05, 0) is 30.7 Å². The lowest BCUT2D eigenvalue weighted by molar-refractivity contribution is -0.136. The first-order chi connectivity index (χ1) is 11.7. The first kappa shape index (κ1) is 15.8. The number of carbonyl (C=O) groups is 1. The fourth-order valence-corrected chi connectivity index (χ4v) is 2.43. The van der Waals surface area contributed by atoms with Crippen LogP contribution in [-0.4, -0.2) is 25.4 Å². The number of ether oxygens (including phenoxy) is 2. The molecule has 2 aromatic carbocycles. The quantitative estimate of drug-likeness (QED) is 0.625. The van der Waals surface area contributed by atoms with Crippen LogP contribution in [0.15, 0.2) is 59.3 Å². The van der Waals surface area contributed by atoms with E-state index in [0.717, 1.165) is 11.1 Å². The molecule has 24 heavy (non-hydrogen) atoms. The van der Waals surface area contributed by atoms with Gasteiger partial charge in [0.15, 0.2) is 11.5 Å². The van der Waals surface area contributed by atoms with Crippen LogP contribution in [0.4, 0.5) is 0 Å². The lowest BCUT2D eigenvalue weighted by Gasteiger charge is -2.10. The smallest absolute Gasteiger partial charge is 0.368 e. The van der Waals surface area contributed by atoms with Crippen LogP contribution < -0.4 is 9.47 Å². The molecule has 1 aliphatic rings. The third kappa shape index (κ3) is 3.15. The predicted octanol–water partition coefficient (Wildman–Crippen LogP) is 3.44. The van der Waals surface area contributed by atoms with Crippen molar-refractivity contribution in [1.29, 1.82) is 0 Å². The van der Waals surface area contributed by atoms with E-state index in [1.807, 2.05) is 49.4 Å². The minimum atomic E-state index is -0.470. The van der Waals surface area contributed by atoms with Crippen molar-refractivity contribution in [3.8, 4) is 11.5 Å². The normalized spacial score (nSPS) is 15.2. The van der Waals surface area contributed by atoms with Gasteiger partial charge in [-0.2, -0.15) is 0 Å². The van der Waals surface area contributed by atoms with Gasteiger partial charge in [-0.25, -0.2) is 4.79 Å². The molecule has 0 aliphatic carbocycles. The molecular formula is C19H17NO4. The number of hydrogen-bond donors (Lipinski definition) is 0. The van der Waals surface area contributed by atoms with E-state index in [-0.39, 0.29) is 0 Å². The largest absolute Gasteiger partial charge is 0.493 e. The summed E-state index contributed by atoms with van der Waals surface area (Å²) in [5.74, 6) is 0.798. The van der Waals surface area contributed by atoms with Crippen molar-refractivity contribution in [3.05, 3.63) is 65.2 Å². The van der Waals surface area contributed by atoms with Crippen LogP contribution in [0, 0.1) is 0 Å². The minimum Gasteiger partial charge on any atom is -0.493 e. The molecule has 0 saturated carbocycles. The lowest BCUT2D eigenvalue weighted by atomic mass is 10.0. The molecule has 5 heteroatoms. The molecule has 0 unspecified atom stereocenters. The number of nitrogens with zero attached hydrogens (tertiary/aromatic N) is 1. The summed E-state index contributed by atoms with van der Waals surface area (Å²) in [6.45, 7) is 2.42. The van der Waals surface area contributed by atoms with E-state index < -0.39 is 5.97 Å². The summed E-state index contributed by atoms with van der Waals surface area (Å²) in [7, 11) is 1.59. The molecule has 0 saturated heterocycles. The number of oxime groups is 1. The Labute approximate surface area is 140 Å². The van der Waals surface area contributed by atoms with E-state index in [9.17, 15) is 4.79 Å². The summed E-state index contributed by atoms with van der Waals surface area (Å²) in [6.07, 6.45) is 1.74. The molecule has 0 fully saturated rings. The van der Waals surface area contributed by atoms with Crippen LogP contribution in [0.3, 0.4) is 0 Å². The highest BCUT2D eigenvalue weighted by molar-refractivity contribution is 6.31. The van der Waals surface area contributed by atoms with Crippen molar-refractivity contribution in [2.24, 2.45) is 5.16 Å². The first-order valence-corrected chi connectivity index (χ1v) is 7.60. The Bertz CT molecular complexity index is 809. The lowest BCUT2D eigenvalue weighted by Crippen LogP contribution is -2.06. The van der Waals surface area contributed by atoms with Gasteiger partial charge in [-0.3, -0.25) is 0 Å². The molecular weight excluding hydrogens is 306 g/mol. The van der Waals surface area contributed by atoms with E-state index in [0.29, 0.717) is 29.4 Å². The van der Waals surface area contributed by atoms with Gasteiger partial charge in [-0.1, -0.05) is 41.6 Å².